The summed E-state index contributed by atoms with van der Waals surface area (Å²) in [5, 5.41) is 3.39. The number of hydrogen-bond acceptors (Lipinski definition) is 5. The van der Waals surface area contributed by atoms with Crippen LogP contribution in [0.1, 0.15) is 38.4 Å². The summed E-state index contributed by atoms with van der Waals surface area (Å²) in [6.45, 7) is 12.9. The van der Waals surface area contributed by atoms with Crippen LogP contribution >= 0.6 is 0 Å². The maximum atomic E-state index is 5.19. The van der Waals surface area contributed by atoms with Gasteiger partial charge in [-0.05, 0) is 25.8 Å². The van der Waals surface area contributed by atoms with Crippen LogP contribution in [0, 0.1) is 12.8 Å². The maximum Gasteiger partial charge on any atom is 0.225 e. The van der Waals surface area contributed by atoms with Crippen LogP contribution in [0.4, 0.5) is 5.95 Å². The Hall–Kier alpha value is -1.20. The Morgan fingerprint density at radius 3 is 2.71 bits per heavy atom. The van der Waals surface area contributed by atoms with E-state index in [2.05, 4.69) is 47.9 Å². The highest BCUT2D eigenvalue weighted by Gasteiger charge is 2.12. The van der Waals surface area contributed by atoms with Gasteiger partial charge in [0.15, 0.2) is 0 Å². The third-order valence-electron chi connectivity index (χ3n) is 3.24. The standard InChI is InChI=1S/C16H30N4O/c1-6-7-17-10-15-11-18-16(19-14(15)4)20(8-9-21-5)12-13(2)3/h11,13,17H,6-10,12H2,1-5H3. The first-order chi connectivity index (χ1) is 10.1. The maximum absolute atomic E-state index is 5.19. The number of rotatable bonds is 10. The van der Waals surface area contributed by atoms with Gasteiger partial charge in [-0.2, -0.15) is 0 Å². The summed E-state index contributed by atoms with van der Waals surface area (Å²) < 4.78 is 5.19. The second kappa shape index (κ2) is 9.68. The first-order valence-electron chi connectivity index (χ1n) is 7.85. The minimum Gasteiger partial charge on any atom is -0.383 e. The molecule has 0 unspecified atom stereocenters. The van der Waals surface area contributed by atoms with Crippen molar-refractivity contribution in [3.8, 4) is 0 Å². The molecule has 0 atom stereocenters. The molecule has 5 heteroatoms. The van der Waals surface area contributed by atoms with Gasteiger partial charge in [-0.25, -0.2) is 9.97 Å². The quantitative estimate of drug-likeness (QED) is 0.672. The van der Waals surface area contributed by atoms with Gasteiger partial charge in [0.2, 0.25) is 5.95 Å². The third-order valence-corrected chi connectivity index (χ3v) is 3.24. The summed E-state index contributed by atoms with van der Waals surface area (Å²) >= 11 is 0. The van der Waals surface area contributed by atoms with Gasteiger partial charge in [0.25, 0.3) is 0 Å². The second-order valence-electron chi connectivity index (χ2n) is 5.79. The van der Waals surface area contributed by atoms with Gasteiger partial charge < -0.3 is 15.0 Å². The summed E-state index contributed by atoms with van der Waals surface area (Å²) in [5.74, 6) is 1.37. The summed E-state index contributed by atoms with van der Waals surface area (Å²) in [4.78, 5) is 11.4. The zero-order chi connectivity index (χ0) is 15.7. The summed E-state index contributed by atoms with van der Waals surface area (Å²) in [5.41, 5.74) is 2.22. The Kier molecular flexibility index (Phi) is 8.23. The van der Waals surface area contributed by atoms with Crippen molar-refractivity contribution in [1.82, 2.24) is 15.3 Å². The normalized spacial score (nSPS) is 11.1. The van der Waals surface area contributed by atoms with Crippen molar-refractivity contribution in [2.24, 2.45) is 5.92 Å². The smallest absolute Gasteiger partial charge is 0.225 e. The lowest BCUT2D eigenvalue weighted by atomic mass is 10.2. The molecule has 0 aliphatic heterocycles. The topological polar surface area (TPSA) is 50.3 Å². The van der Waals surface area contributed by atoms with Gasteiger partial charge in [0.05, 0.1) is 6.61 Å². The molecule has 0 fully saturated rings. The molecule has 0 aliphatic carbocycles. The highest BCUT2D eigenvalue weighted by molar-refractivity contribution is 5.33. The number of aryl methyl sites for hydroxylation is 1. The highest BCUT2D eigenvalue weighted by atomic mass is 16.5. The fourth-order valence-corrected chi connectivity index (χ4v) is 2.12. The Balaban J connectivity index is 2.76. The van der Waals surface area contributed by atoms with E-state index >= 15 is 0 Å². The second-order valence-corrected chi connectivity index (χ2v) is 5.79. The van der Waals surface area contributed by atoms with E-state index in [1.54, 1.807) is 7.11 Å². The van der Waals surface area contributed by atoms with E-state index in [0.717, 1.165) is 44.2 Å². The fraction of sp³-hybridized carbons (Fsp3) is 0.750. The van der Waals surface area contributed by atoms with E-state index < -0.39 is 0 Å². The van der Waals surface area contributed by atoms with Crippen LogP contribution in [0.15, 0.2) is 6.20 Å². The van der Waals surface area contributed by atoms with Crippen LogP contribution in [-0.2, 0) is 11.3 Å². The number of nitrogens with zero attached hydrogens (tertiary/aromatic N) is 3. The van der Waals surface area contributed by atoms with Gasteiger partial charge in [-0.1, -0.05) is 20.8 Å². The summed E-state index contributed by atoms with van der Waals surface area (Å²) in [6, 6.07) is 0. The molecule has 0 radical (unpaired) electrons. The van der Waals surface area contributed by atoms with Gasteiger partial charge >= 0.3 is 0 Å². The molecule has 0 spiro atoms. The van der Waals surface area contributed by atoms with Crippen molar-refractivity contribution < 1.29 is 4.74 Å². The third kappa shape index (κ3) is 6.40. The first-order valence-corrected chi connectivity index (χ1v) is 7.85. The summed E-state index contributed by atoms with van der Waals surface area (Å²) in [7, 11) is 1.72. The van der Waals surface area contributed by atoms with Crippen molar-refractivity contribution in [3.05, 3.63) is 17.5 Å². The number of aromatic nitrogens is 2. The molecule has 0 bridgehead atoms. The lowest BCUT2D eigenvalue weighted by molar-refractivity contribution is 0.204. The Labute approximate surface area is 129 Å². The van der Waals surface area contributed by atoms with Crippen molar-refractivity contribution in [2.45, 2.75) is 40.7 Å². The average Bonchev–Trinajstić information content (AvgIpc) is 2.45. The van der Waals surface area contributed by atoms with Gasteiger partial charge in [0, 0.05) is 44.2 Å². The molecule has 0 aliphatic rings. The van der Waals surface area contributed by atoms with Crippen LogP contribution in [0.2, 0.25) is 0 Å². The molecule has 1 heterocycles. The van der Waals surface area contributed by atoms with Crippen LogP contribution in [-0.4, -0.2) is 43.3 Å². The molecule has 0 amide bonds. The van der Waals surface area contributed by atoms with Gasteiger partial charge in [0.1, 0.15) is 0 Å². The van der Waals surface area contributed by atoms with E-state index in [4.69, 9.17) is 4.74 Å². The van der Waals surface area contributed by atoms with Crippen LogP contribution in [0.25, 0.3) is 0 Å². The lowest BCUT2D eigenvalue weighted by Crippen LogP contribution is -2.32. The average molecular weight is 294 g/mol. The Morgan fingerprint density at radius 2 is 2.14 bits per heavy atom. The van der Waals surface area contributed by atoms with Crippen molar-refractivity contribution in [1.29, 1.82) is 0 Å². The number of hydrogen-bond donors (Lipinski definition) is 1. The molecule has 1 aromatic heterocycles. The predicted octanol–water partition coefficient (Wildman–Crippen LogP) is 2.39. The molecule has 120 valence electrons. The fourth-order valence-electron chi connectivity index (χ4n) is 2.12. The van der Waals surface area contributed by atoms with Crippen LogP contribution in [0.3, 0.4) is 0 Å². The van der Waals surface area contributed by atoms with E-state index in [9.17, 15) is 0 Å². The lowest BCUT2D eigenvalue weighted by Gasteiger charge is -2.24. The first kappa shape index (κ1) is 17.9. The number of nitrogens with one attached hydrogen (secondary N) is 1. The number of methoxy groups -OCH3 is 1. The molecule has 0 aromatic carbocycles. The minimum atomic E-state index is 0.566. The zero-order valence-corrected chi connectivity index (χ0v) is 14.1. The highest BCUT2D eigenvalue weighted by Crippen LogP contribution is 2.13. The SMILES string of the molecule is CCCNCc1cnc(N(CCOC)CC(C)C)nc1C. The van der Waals surface area contributed by atoms with E-state index in [-0.39, 0.29) is 0 Å². The molecule has 0 saturated carbocycles. The largest absolute Gasteiger partial charge is 0.383 e. The molecule has 5 nitrogen and oxygen atoms in total. The van der Waals surface area contributed by atoms with Crippen molar-refractivity contribution in [2.75, 3.05) is 38.3 Å². The monoisotopic (exact) mass is 294 g/mol. The molecule has 21 heavy (non-hydrogen) atoms. The van der Waals surface area contributed by atoms with Gasteiger partial charge in [-0.3, -0.25) is 0 Å². The molecule has 1 N–H and O–H groups in total. The van der Waals surface area contributed by atoms with E-state index in [1.165, 1.54) is 5.56 Å². The van der Waals surface area contributed by atoms with Crippen LogP contribution < -0.4 is 10.2 Å². The molecular weight excluding hydrogens is 264 g/mol. The number of anilines is 1. The molecule has 1 aromatic rings. The molecular formula is C16H30N4O. The minimum absolute atomic E-state index is 0.566. The molecule has 0 saturated heterocycles. The van der Waals surface area contributed by atoms with Gasteiger partial charge in [-0.15, -0.1) is 0 Å². The van der Waals surface area contributed by atoms with Crippen LogP contribution in [0.5, 0.6) is 0 Å². The van der Waals surface area contributed by atoms with Crippen molar-refractivity contribution >= 4 is 5.95 Å². The van der Waals surface area contributed by atoms with E-state index in [1.807, 2.05) is 6.20 Å². The summed E-state index contributed by atoms with van der Waals surface area (Å²) in [6.07, 6.45) is 3.08. The molecule has 1 rings (SSSR count). The number of ether oxygens (including phenoxy) is 1. The Morgan fingerprint density at radius 1 is 1.38 bits per heavy atom. The van der Waals surface area contributed by atoms with Crippen molar-refractivity contribution in [3.63, 3.8) is 0 Å². The zero-order valence-electron chi connectivity index (χ0n) is 14.1. The Bertz CT molecular complexity index is 409. The predicted molar refractivity (Wildman–Crippen MR) is 87.7 cm³/mol. The van der Waals surface area contributed by atoms with E-state index in [0.29, 0.717) is 12.5 Å².